The number of carbonyl (C=O) groups is 1. The van der Waals surface area contributed by atoms with E-state index in [9.17, 15) is 4.79 Å². The van der Waals surface area contributed by atoms with Crippen molar-refractivity contribution < 1.29 is 4.79 Å². The van der Waals surface area contributed by atoms with E-state index in [0.717, 1.165) is 36.7 Å². The second-order valence-electron chi connectivity index (χ2n) is 4.73. The Morgan fingerprint density at radius 1 is 1.40 bits per heavy atom. The summed E-state index contributed by atoms with van der Waals surface area (Å²) in [6, 6.07) is 8.06. The molecule has 1 saturated heterocycles. The first-order valence-corrected chi connectivity index (χ1v) is 8.09. The monoisotopic (exact) mass is 334 g/mol. The molecule has 0 bridgehead atoms. The summed E-state index contributed by atoms with van der Waals surface area (Å²) >= 11 is 7.46. The third-order valence-corrected chi connectivity index (χ3v) is 4.33. The molecule has 0 spiro atoms. The number of nitrogens with one attached hydrogen (secondary N) is 2. The van der Waals surface area contributed by atoms with Crippen LogP contribution < -0.4 is 10.6 Å². The molecule has 1 aromatic carbocycles. The summed E-state index contributed by atoms with van der Waals surface area (Å²) in [7, 11) is 0. The zero-order chi connectivity index (χ0) is 13.5. The lowest BCUT2D eigenvalue weighted by Crippen LogP contribution is -2.46. The minimum atomic E-state index is 0. The number of amides is 1. The highest BCUT2D eigenvalue weighted by Crippen LogP contribution is 2.15. The molecular formula is C14H20Cl2N2OS. The molecule has 1 heterocycles. The van der Waals surface area contributed by atoms with Gasteiger partial charge in [-0.25, -0.2) is 0 Å². The van der Waals surface area contributed by atoms with Crippen molar-refractivity contribution >= 4 is 41.7 Å². The van der Waals surface area contributed by atoms with Gasteiger partial charge in [0.2, 0.25) is 5.91 Å². The summed E-state index contributed by atoms with van der Waals surface area (Å²) in [6.45, 7) is 1.96. The summed E-state index contributed by atoms with van der Waals surface area (Å²) in [6.07, 6.45) is 2.23. The van der Waals surface area contributed by atoms with Crippen LogP contribution in [0.5, 0.6) is 0 Å². The van der Waals surface area contributed by atoms with Gasteiger partial charge in [-0.3, -0.25) is 4.79 Å². The molecule has 1 amide bonds. The van der Waals surface area contributed by atoms with E-state index in [1.807, 2.05) is 24.3 Å². The van der Waals surface area contributed by atoms with Gasteiger partial charge in [-0.15, -0.1) is 24.2 Å². The quantitative estimate of drug-likeness (QED) is 0.869. The highest BCUT2D eigenvalue weighted by Gasteiger charge is 2.14. The van der Waals surface area contributed by atoms with Crippen LogP contribution in [0.2, 0.25) is 5.02 Å². The number of piperidine rings is 1. The van der Waals surface area contributed by atoms with Crippen molar-refractivity contribution in [2.45, 2.75) is 24.6 Å². The topological polar surface area (TPSA) is 41.1 Å². The predicted octanol–water partition coefficient (Wildman–Crippen LogP) is 2.86. The average molecular weight is 335 g/mol. The van der Waals surface area contributed by atoms with Crippen molar-refractivity contribution in [1.82, 2.24) is 10.6 Å². The van der Waals surface area contributed by atoms with Crippen LogP contribution in [0.4, 0.5) is 0 Å². The maximum Gasteiger partial charge on any atom is 0.230 e. The van der Waals surface area contributed by atoms with Gasteiger partial charge in [0.1, 0.15) is 0 Å². The fourth-order valence-electron chi connectivity index (χ4n) is 2.09. The summed E-state index contributed by atoms with van der Waals surface area (Å²) in [4.78, 5) is 11.8. The van der Waals surface area contributed by atoms with E-state index < -0.39 is 0 Å². The first-order chi connectivity index (χ1) is 9.24. The van der Waals surface area contributed by atoms with Crippen LogP contribution in [0.3, 0.4) is 0 Å². The van der Waals surface area contributed by atoms with Crippen molar-refractivity contribution in [2.24, 2.45) is 0 Å². The van der Waals surface area contributed by atoms with E-state index in [-0.39, 0.29) is 18.3 Å². The molecule has 1 atom stereocenters. The molecule has 3 nitrogen and oxygen atoms in total. The van der Waals surface area contributed by atoms with E-state index in [2.05, 4.69) is 10.6 Å². The first-order valence-electron chi connectivity index (χ1n) is 6.56. The molecule has 1 aliphatic heterocycles. The second-order valence-corrected chi connectivity index (χ2v) is 6.15. The molecule has 0 saturated carbocycles. The molecule has 20 heavy (non-hydrogen) atoms. The van der Waals surface area contributed by atoms with Crippen LogP contribution in [0.1, 0.15) is 18.4 Å². The van der Waals surface area contributed by atoms with Crippen LogP contribution >= 0.6 is 35.8 Å². The lowest BCUT2D eigenvalue weighted by Gasteiger charge is -2.23. The minimum absolute atomic E-state index is 0. The van der Waals surface area contributed by atoms with Crippen LogP contribution in [0.25, 0.3) is 0 Å². The number of hydrogen-bond donors (Lipinski definition) is 2. The van der Waals surface area contributed by atoms with Crippen molar-refractivity contribution in [3.63, 3.8) is 0 Å². The molecular weight excluding hydrogens is 315 g/mol. The number of carbonyl (C=O) groups excluding carboxylic acids is 1. The molecule has 2 N–H and O–H groups in total. The summed E-state index contributed by atoms with van der Waals surface area (Å²) in [5.41, 5.74) is 1.20. The van der Waals surface area contributed by atoms with E-state index in [1.54, 1.807) is 11.8 Å². The van der Waals surface area contributed by atoms with Crippen LogP contribution in [-0.2, 0) is 10.5 Å². The van der Waals surface area contributed by atoms with Gasteiger partial charge < -0.3 is 10.6 Å². The maximum atomic E-state index is 11.8. The molecule has 2 rings (SSSR count). The average Bonchev–Trinajstić information content (AvgIpc) is 2.42. The maximum absolute atomic E-state index is 11.8. The van der Waals surface area contributed by atoms with E-state index >= 15 is 0 Å². The van der Waals surface area contributed by atoms with Crippen molar-refractivity contribution in [1.29, 1.82) is 0 Å². The van der Waals surface area contributed by atoms with E-state index in [1.165, 1.54) is 5.56 Å². The van der Waals surface area contributed by atoms with Gasteiger partial charge in [-0.2, -0.15) is 0 Å². The number of thioether (sulfide) groups is 1. The molecule has 1 fully saturated rings. The third kappa shape index (κ3) is 6.35. The molecule has 0 radical (unpaired) electrons. The molecule has 0 unspecified atom stereocenters. The van der Waals surface area contributed by atoms with E-state index in [0.29, 0.717) is 11.8 Å². The molecule has 6 heteroatoms. The van der Waals surface area contributed by atoms with Gasteiger partial charge in [-0.05, 0) is 37.1 Å². The third-order valence-electron chi connectivity index (χ3n) is 3.08. The molecule has 0 aromatic heterocycles. The summed E-state index contributed by atoms with van der Waals surface area (Å²) in [5.74, 6) is 1.49. The largest absolute Gasteiger partial charge is 0.351 e. The highest BCUT2D eigenvalue weighted by molar-refractivity contribution is 7.99. The molecule has 1 aromatic rings. The normalized spacial score (nSPS) is 18.1. The Kier molecular flexibility index (Phi) is 8.38. The SMILES string of the molecule is Cl.O=C(CSCc1ccc(Cl)cc1)N[C@H]1CCCNC1. The second kappa shape index (κ2) is 9.50. The lowest BCUT2D eigenvalue weighted by molar-refractivity contribution is -0.119. The Bertz CT molecular complexity index is 408. The smallest absolute Gasteiger partial charge is 0.230 e. The standard InChI is InChI=1S/C14H19ClN2OS.ClH/c15-12-5-3-11(4-6-12)9-19-10-14(18)17-13-2-1-7-16-8-13;/h3-6,13,16H,1-2,7-10H2,(H,17,18);1H/t13-;/m0./s1. The highest BCUT2D eigenvalue weighted by atomic mass is 35.5. The van der Waals surface area contributed by atoms with Gasteiger partial charge in [0.05, 0.1) is 5.75 Å². The molecule has 112 valence electrons. The first kappa shape index (κ1) is 17.6. The Morgan fingerprint density at radius 3 is 2.80 bits per heavy atom. The molecule has 1 aliphatic rings. The van der Waals surface area contributed by atoms with E-state index in [4.69, 9.17) is 11.6 Å². The number of benzene rings is 1. The van der Waals surface area contributed by atoms with Crippen LogP contribution in [0, 0.1) is 0 Å². The fourth-order valence-corrected chi connectivity index (χ4v) is 3.01. The number of halogens is 2. The lowest BCUT2D eigenvalue weighted by atomic mass is 10.1. The number of hydrogen-bond acceptors (Lipinski definition) is 3. The predicted molar refractivity (Wildman–Crippen MR) is 88.9 cm³/mol. The van der Waals surface area contributed by atoms with Gasteiger partial charge in [-0.1, -0.05) is 23.7 Å². The number of rotatable bonds is 5. The Labute approximate surface area is 135 Å². The fraction of sp³-hybridized carbons (Fsp3) is 0.500. The zero-order valence-corrected chi connectivity index (χ0v) is 13.6. The molecule has 0 aliphatic carbocycles. The van der Waals surface area contributed by atoms with Crippen molar-refractivity contribution in [3.05, 3.63) is 34.9 Å². The van der Waals surface area contributed by atoms with Crippen LogP contribution in [0.15, 0.2) is 24.3 Å². The summed E-state index contributed by atoms with van der Waals surface area (Å²) < 4.78 is 0. The Hall–Kier alpha value is -0.420. The van der Waals surface area contributed by atoms with Gasteiger partial charge in [0, 0.05) is 23.4 Å². The Balaban J connectivity index is 0.00000200. The van der Waals surface area contributed by atoms with Gasteiger partial charge in [0.15, 0.2) is 0 Å². The van der Waals surface area contributed by atoms with Crippen LogP contribution in [-0.4, -0.2) is 30.8 Å². The van der Waals surface area contributed by atoms with Crippen molar-refractivity contribution in [2.75, 3.05) is 18.8 Å². The minimum Gasteiger partial charge on any atom is -0.351 e. The van der Waals surface area contributed by atoms with Gasteiger partial charge >= 0.3 is 0 Å². The Morgan fingerprint density at radius 2 is 2.15 bits per heavy atom. The van der Waals surface area contributed by atoms with Crippen molar-refractivity contribution in [3.8, 4) is 0 Å². The zero-order valence-electron chi connectivity index (χ0n) is 11.2. The van der Waals surface area contributed by atoms with Gasteiger partial charge in [0.25, 0.3) is 0 Å². The summed E-state index contributed by atoms with van der Waals surface area (Å²) in [5, 5.41) is 7.11.